The molecule has 0 bridgehead atoms. The first-order valence-electron chi connectivity index (χ1n) is 7.74. The number of halogens is 1. The summed E-state index contributed by atoms with van der Waals surface area (Å²) in [5.74, 6) is -0.129. The summed E-state index contributed by atoms with van der Waals surface area (Å²) in [5, 5.41) is 3.41. The van der Waals surface area contributed by atoms with Crippen molar-refractivity contribution in [3.63, 3.8) is 0 Å². The summed E-state index contributed by atoms with van der Waals surface area (Å²) < 4.78 is 0. The molecule has 1 atom stereocenters. The van der Waals surface area contributed by atoms with E-state index in [0.717, 1.165) is 11.1 Å². The molecule has 1 unspecified atom stereocenters. The zero-order valence-corrected chi connectivity index (χ0v) is 14.8. The number of rotatable bonds is 5. The van der Waals surface area contributed by atoms with Crippen molar-refractivity contribution in [1.29, 1.82) is 0 Å². The van der Waals surface area contributed by atoms with Gasteiger partial charge in [-0.15, -0.1) is 0 Å². The lowest BCUT2D eigenvalue weighted by Gasteiger charge is -2.25. The van der Waals surface area contributed by atoms with Crippen LogP contribution in [-0.2, 0) is 11.3 Å². The molecule has 0 heterocycles. The molecule has 0 saturated carbocycles. The lowest BCUT2D eigenvalue weighted by molar-refractivity contribution is -0.119. The van der Waals surface area contributed by atoms with E-state index in [9.17, 15) is 9.59 Å². The average Bonchev–Trinajstić information content (AvgIpc) is 2.59. The number of nitrogens with zero attached hydrogens (tertiary/aromatic N) is 1. The van der Waals surface area contributed by atoms with Crippen molar-refractivity contribution in [2.75, 3.05) is 7.05 Å². The molecule has 5 heteroatoms. The Kier molecular flexibility index (Phi) is 5.99. The van der Waals surface area contributed by atoms with Crippen molar-refractivity contribution in [3.8, 4) is 0 Å². The summed E-state index contributed by atoms with van der Waals surface area (Å²) >= 11 is 5.91. The van der Waals surface area contributed by atoms with Crippen LogP contribution in [0.4, 0.5) is 0 Å². The van der Waals surface area contributed by atoms with Gasteiger partial charge in [0.15, 0.2) is 0 Å². The van der Waals surface area contributed by atoms with Gasteiger partial charge in [-0.25, -0.2) is 0 Å². The molecular formula is C19H21ClN2O2. The molecule has 2 aromatic rings. The van der Waals surface area contributed by atoms with Gasteiger partial charge in [-0.3, -0.25) is 9.59 Å². The van der Waals surface area contributed by atoms with Crippen LogP contribution >= 0.6 is 11.6 Å². The first-order valence-corrected chi connectivity index (χ1v) is 8.12. The van der Waals surface area contributed by atoms with Crippen molar-refractivity contribution in [3.05, 3.63) is 70.2 Å². The number of carbonyl (C=O) groups is 2. The maximum atomic E-state index is 12.6. The zero-order valence-electron chi connectivity index (χ0n) is 14.0. The molecule has 24 heavy (non-hydrogen) atoms. The molecule has 1 N–H and O–H groups in total. The van der Waals surface area contributed by atoms with Gasteiger partial charge in [0, 0.05) is 31.1 Å². The molecule has 0 spiro atoms. The molecule has 0 radical (unpaired) electrons. The van der Waals surface area contributed by atoms with E-state index in [1.807, 2.05) is 43.3 Å². The highest BCUT2D eigenvalue weighted by atomic mass is 35.5. The summed E-state index contributed by atoms with van der Waals surface area (Å²) in [4.78, 5) is 25.3. The summed E-state index contributed by atoms with van der Waals surface area (Å²) in [6.07, 6.45) is 0. The Hall–Kier alpha value is -2.33. The van der Waals surface area contributed by atoms with Gasteiger partial charge in [0.1, 0.15) is 0 Å². The van der Waals surface area contributed by atoms with Gasteiger partial charge < -0.3 is 10.2 Å². The van der Waals surface area contributed by atoms with Gasteiger partial charge in [0.2, 0.25) is 5.91 Å². The Morgan fingerprint density at radius 1 is 1.08 bits per heavy atom. The van der Waals surface area contributed by atoms with Crippen LogP contribution < -0.4 is 5.32 Å². The molecule has 2 aromatic carbocycles. The maximum absolute atomic E-state index is 12.6. The van der Waals surface area contributed by atoms with E-state index in [-0.39, 0.29) is 17.9 Å². The SMILES string of the molecule is CC(=O)NCc1ccc(C(=O)N(C)C(C)c2ccc(Cl)cc2)cc1. The molecule has 0 aromatic heterocycles. The Bertz CT molecular complexity index is 711. The van der Waals surface area contributed by atoms with E-state index in [0.29, 0.717) is 17.1 Å². The van der Waals surface area contributed by atoms with E-state index < -0.39 is 0 Å². The third-order valence-corrected chi connectivity index (χ3v) is 4.25. The standard InChI is InChI=1S/C19H21ClN2O2/c1-13(16-8-10-18(20)11-9-16)22(3)19(24)17-6-4-15(5-7-17)12-21-14(2)23/h4-11,13H,12H2,1-3H3,(H,21,23). The Labute approximate surface area is 147 Å². The van der Waals surface area contributed by atoms with E-state index in [4.69, 9.17) is 11.6 Å². The van der Waals surface area contributed by atoms with Crippen LogP contribution in [0.5, 0.6) is 0 Å². The summed E-state index contributed by atoms with van der Waals surface area (Å²) in [6.45, 7) is 3.91. The Balaban J connectivity index is 2.06. The minimum absolute atomic E-state index is 0.0523. The predicted octanol–water partition coefficient (Wildman–Crippen LogP) is 3.81. The van der Waals surface area contributed by atoms with Crippen LogP contribution in [0.1, 0.15) is 41.4 Å². The van der Waals surface area contributed by atoms with Gasteiger partial charge in [-0.05, 0) is 42.3 Å². The first kappa shape index (κ1) is 18.0. The van der Waals surface area contributed by atoms with Crippen molar-refractivity contribution in [2.45, 2.75) is 26.4 Å². The maximum Gasteiger partial charge on any atom is 0.254 e. The van der Waals surface area contributed by atoms with Crippen LogP contribution in [0.25, 0.3) is 0 Å². The van der Waals surface area contributed by atoms with Crippen molar-refractivity contribution in [1.82, 2.24) is 10.2 Å². The number of benzene rings is 2. The Morgan fingerprint density at radius 3 is 2.21 bits per heavy atom. The second kappa shape index (κ2) is 7.97. The fraction of sp³-hybridized carbons (Fsp3) is 0.263. The predicted molar refractivity (Wildman–Crippen MR) is 95.9 cm³/mol. The molecule has 0 fully saturated rings. The first-order chi connectivity index (χ1) is 11.4. The summed E-state index contributed by atoms with van der Waals surface area (Å²) in [6, 6.07) is 14.7. The van der Waals surface area contributed by atoms with Gasteiger partial charge in [0.25, 0.3) is 5.91 Å². The lowest BCUT2D eigenvalue weighted by Crippen LogP contribution is -2.29. The fourth-order valence-corrected chi connectivity index (χ4v) is 2.46. The molecule has 2 rings (SSSR count). The molecule has 2 amide bonds. The topological polar surface area (TPSA) is 49.4 Å². The highest BCUT2D eigenvalue weighted by molar-refractivity contribution is 6.30. The smallest absolute Gasteiger partial charge is 0.254 e. The third-order valence-electron chi connectivity index (χ3n) is 4.00. The van der Waals surface area contributed by atoms with Crippen molar-refractivity contribution < 1.29 is 9.59 Å². The largest absolute Gasteiger partial charge is 0.352 e. The number of amides is 2. The van der Waals surface area contributed by atoms with E-state index >= 15 is 0 Å². The van der Waals surface area contributed by atoms with E-state index in [2.05, 4.69) is 5.32 Å². The minimum atomic E-state index is -0.0772. The van der Waals surface area contributed by atoms with E-state index in [1.54, 1.807) is 24.1 Å². The normalized spacial score (nSPS) is 11.7. The number of hydrogen-bond donors (Lipinski definition) is 1. The highest BCUT2D eigenvalue weighted by Crippen LogP contribution is 2.22. The van der Waals surface area contributed by atoms with Gasteiger partial charge in [0.05, 0.1) is 6.04 Å². The van der Waals surface area contributed by atoms with Crippen LogP contribution in [0.3, 0.4) is 0 Å². The van der Waals surface area contributed by atoms with Gasteiger partial charge in [-0.2, -0.15) is 0 Å². The van der Waals surface area contributed by atoms with Gasteiger partial charge in [-0.1, -0.05) is 35.9 Å². The average molecular weight is 345 g/mol. The quantitative estimate of drug-likeness (QED) is 0.896. The fourth-order valence-electron chi connectivity index (χ4n) is 2.34. The van der Waals surface area contributed by atoms with Crippen LogP contribution in [0, 0.1) is 0 Å². The zero-order chi connectivity index (χ0) is 17.7. The molecule has 4 nitrogen and oxygen atoms in total. The summed E-state index contributed by atoms with van der Waals surface area (Å²) in [5.41, 5.74) is 2.59. The second-order valence-electron chi connectivity index (χ2n) is 5.75. The monoisotopic (exact) mass is 344 g/mol. The van der Waals surface area contributed by atoms with Crippen molar-refractivity contribution >= 4 is 23.4 Å². The van der Waals surface area contributed by atoms with Crippen molar-refractivity contribution in [2.24, 2.45) is 0 Å². The Morgan fingerprint density at radius 2 is 1.67 bits per heavy atom. The lowest BCUT2D eigenvalue weighted by atomic mass is 10.1. The number of carbonyl (C=O) groups excluding carboxylic acids is 2. The van der Waals surface area contributed by atoms with Crippen LogP contribution in [0.15, 0.2) is 48.5 Å². The second-order valence-corrected chi connectivity index (χ2v) is 6.19. The van der Waals surface area contributed by atoms with Crippen LogP contribution in [-0.4, -0.2) is 23.8 Å². The number of hydrogen-bond acceptors (Lipinski definition) is 2. The molecular weight excluding hydrogens is 324 g/mol. The van der Waals surface area contributed by atoms with Crippen LogP contribution in [0.2, 0.25) is 5.02 Å². The molecule has 0 aliphatic heterocycles. The third kappa shape index (κ3) is 4.59. The summed E-state index contributed by atoms with van der Waals surface area (Å²) in [7, 11) is 1.78. The molecule has 0 aliphatic carbocycles. The highest BCUT2D eigenvalue weighted by Gasteiger charge is 2.18. The van der Waals surface area contributed by atoms with Gasteiger partial charge >= 0.3 is 0 Å². The molecule has 126 valence electrons. The molecule has 0 aliphatic rings. The number of nitrogens with one attached hydrogen (secondary N) is 1. The molecule has 0 saturated heterocycles. The van der Waals surface area contributed by atoms with E-state index in [1.165, 1.54) is 6.92 Å². The minimum Gasteiger partial charge on any atom is -0.352 e.